The Balaban J connectivity index is 2.93. The molecule has 1 amide bonds. The Labute approximate surface area is 105 Å². The summed E-state index contributed by atoms with van der Waals surface area (Å²) in [6.45, 7) is 8.80. The summed E-state index contributed by atoms with van der Waals surface area (Å²) in [6.07, 6.45) is 0. The molecule has 0 spiro atoms. The van der Waals surface area contributed by atoms with Crippen LogP contribution in [-0.4, -0.2) is 35.9 Å². The van der Waals surface area contributed by atoms with E-state index in [4.69, 9.17) is 5.73 Å². The quantitative estimate of drug-likeness (QED) is 0.786. The summed E-state index contributed by atoms with van der Waals surface area (Å²) in [7, 11) is 1.75. The molecule has 5 nitrogen and oxygen atoms in total. The minimum absolute atomic E-state index is 0.0907. The van der Waals surface area contributed by atoms with Crippen molar-refractivity contribution < 1.29 is 4.79 Å². The molecule has 0 aromatic carbocycles. The first-order valence-electron chi connectivity index (χ1n) is 5.37. The molecular formula is C11H18N4OS. The molecule has 0 aliphatic rings. The van der Waals surface area contributed by atoms with Crippen LogP contribution < -0.4 is 11.1 Å². The van der Waals surface area contributed by atoms with Gasteiger partial charge in [-0.05, 0) is 13.8 Å². The van der Waals surface area contributed by atoms with Crippen molar-refractivity contribution in [2.75, 3.05) is 31.2 Å². The number of nitrogen functional groups attached to an aromatic ring is 1. The van der Waals surface area contributed by atoms with Gasteiger partial charge in [-0.1, -0.05) is 23.5 Å². The van der Waals surface area contributed by atoms with Gasteiger partial charge in [0.15, 0.2) is 5.13 Å². The lowest BCUT2D eigenvalue weighted by Crippen LogP contribution is -2.32. The topological polar surface area (TPSA) is 71.2 Å². The first-order chi connectivity index (χ1) is 7.99. The normalized spacial score (nSPS) is 10.1. The van der Waals surface area contributed by atoms with Crippen LogP contribution in [0.3, 0.4) is 0 Å². The lowest BCUT2D eigenvalue weighted by atomic mass is 10.3. The minimum Gasteiger partial charge on any atom is -0.382 e. The van der Waals surface area contributed by atoms with Crippen LogP contribution in [-0.2, 0) is 0 Å². The Kier molecular flexibility index (Phi) is 4.51. The molecule has 3 N–H and O–H groups in total. The first-order valence-corrected chi connectivity index (χ1v) is 6.19. The summed E-state index contributed by atoms with van der Waals surface area (Å²) in [5, 5.41) is 3.53. The molecule has 6 heteroatoms. The Morgan fingerprint density at radius 2 is 2.29 bits per heavy atom. The molecule has 1 aromatic rings. The fraction of sp³-hybridized carbons (Fsp3) is 0.455. The summed E-state index contributed by atoms with van der Waals surface area (Å²) >= 11 is 1.27. The minimum atomic E-state index is -0.0907. The Morgan fingerprint density at radius 1 is 1.65 bits per heavy atom. The van der Waals surface area contributed by atoms with E-state index in [2.05, 4.69) is 16.9 Å². The maximum atomic E-state index is 12.2. The van der Waals surface area contributed by atoms with Crippen molar-refractivity contribution in [3.05, 3.63) is 17.0 Å². The van der Waals surface area contributed by atoms with Crippen molar-refractivity contribution in [2.45, 2.75) is 13.8 Å². The second kappa shape index (κ2) is 5.67. The molecular weight excluding hydrogens is 236 g/mol. The largest absolute Gasteiger partial charge is 0.382 e. The van der Waals surface area contributed by atoms with Gasteiger partial charge in [-0.2, -0.15) is 0 Å². The van der Waals surface area contributed by atoms with Gasteiger partial charge in [-0.15, -0.1) is 0 Å². The SMILES string of the molecule is C=C(C)CN(CC)C(=O)c1sc(NC)nc1N. The van der Waals surface area contributed by atoms with Gasteiger partial charge in [0.25, 0.3) is 5.91 Å². The lowest BCUT2D eigenvalue weighted by molar-refractivity contribution is 0.0784. The highest BCUT2D eigenvalue weighted by atomic mass is 32.1. The Bertz CT molecular complexity index is 427. The van der Waals surface area contributed by atoms with E-state index >= 15 is 0 Å². The molecule has 0 fully saturated rings. The van der Waals surface area contributed by atoms with E-state index in [1.54, 1.807) is 11.9 Å². The molecule has 1 aromatic heterocycles. The molecule has 0 unspecified atom stereocenters. The summed E-state index contributed by atoms with van der Waals surface area (Å²) in [4.78, 5) is 18.5. The number of hydrogen-bond acceptors (Lipinski definition) is 5. The maximum absolute atomic E-state index is 12.2. The molecule has 0 saturated heterocycles. The summed E-state index contributed by atoms with van der Waals surface area (Å²) in [5.74, 6) is 0.191. The molecule has 94 valence electrons. The van der Waals surface area contributed by atoms with Crippen LogP contribution in [0.15, 0.2) is 12.2 Å². The van der Waals surface area contributed by atoms with Crippen LogP contribution in [0, 0.1) is 0 Å². The second-order valence-electron chi connectivity index (χ2n) is 3.76. The third-order valence-corrected chi connectivity index (χ3v) is 3.27. The monoisotopic (exact) mass is 254 g/mol. The van der Waals surface area contributed by atoms with E-state index in [0.717, 1.165) is 5.57 Å². The number of amides is 1. The average molecular weight is 254 g/mol. The molecule has 17 heavy (non-hydrogen) atoms. The van der Waals surface area contributed by atoms with Crippen molar-refractivity contribution in [1.82, 2.24) is 9.88 Å². The number of nitrogens with zero attached hydrogens (tertiary/aromatic N) is 2. The van der Waals surface area contributed by atoms with Crippen LogP contribution in [0.5, 0.6) is 0 Å². The highest BCUT2D eigenvalue weighted by molar-refractivity contribution is 7.18. The predicted molar refractivity (Wildman–Crippen MR) is 72.5 cm³/mol. The van der Waals surface area contributed by atoms with Crippen LogP contribution in [0.1, 0.15) is 23.5 Å². The van der Waals surface area contributed by atoms with Crippen molar-refractivity contribution in [3.63, 3.8) is 0 Å². The number of aromatic nitrogens is 1. The standard InChI is InChI=1S/C11H18N4OS/c1-5-15(6-7(2)3)10(16)8-9(12)14-11(13-4)17-8/h2,5-6,12H2,1,3-4H3,(H,13,14). The van der Waals surface area contributed by atoms with Gasteiger partial charge < -0.3 is 16.0 Å². The third kappa shape index (κ3) is 3.20. The second-order valence-corrected chi connectivity index (χ2v) is 4.76. The molecule has 0 saturated carbocycles. The number of carbonyl (C=O) groups excluding carboxylic acids is 1. The zero-order valence-corrected chi connectivity index (χ0v) is 11.2. The highest BCUT2D eigenvalue weighted by Gasteiger charge is 2.20. The number of likely N-dealkylation sites (N-methyl/N-ethyl adjacent to an activating group) is 1. The Hall–Kier alpha value is -1.56. The van der Waals surface area contributed by atoms with Gasteiger partial charge in [0, 0.05) is 20.1 Å². The van der Waals surface area contributed by atoms with Crippen molar-refractivity contribution >= 4 is 28.2 Å². The first kappa shape index (κ1) is 13.5. The van der Waals surface area contributed by atoms with Gasteiger partial charge in [0.05, 0.1) is 0 Å². The molecule has 0 bridgehead atoms. The van der Waals surface area contributed by atoms with E-state index in [9.17, 15) is 4.79 Å². The summed E-state index contributed by atoms with van der Waals surface area (Å²) in [6, 6.07) is 0. The highest BCUT2D eigenvalue weighted by Crippen LogP contribution is 2.25. The number of hydrogen-bond donors (Lipinski definition) is 2. The van der Waals surface area contributed by atoms with Crippen molar-refractivity contribution in [1.29, 1.82) is 0 Å². The van der Waals surface area contributed by atoms with Crippen LogP contribution in [0.25, 0.3) is 0 Å². The number of thiazole rings is 1. The number of nitrogens with one attached hydrogen (secondary N) is 1. The van der Waals surface area contributed by atoms with Crippen LogP contribution >= 0.6 is 11.3 Å². The van der Waals surface area contributed by atoms with Crippen LogP contribution in [0.4, 0.5) is 10.9 Å². The molecule has 0 radical (unpaired) electrons. The van der Waals surface area contributed by atoms with Crippen molar-refractivity contribution in [3.8, 4) is 0 Å². The molecule has 0 aliphatic carbocycles. The van der Waals surface area contributed by atoms with Crippen molar-refractivity contribution in [2.24, 2.45) is 0 Å². The fourth-order valence-corrected chi connectivity index (χ4v) is 2.19. The van der Waals surface area contributed by atoms with Gasteiger partial charge in [0.2, 0.25) is 0 Å². The maximum Gasteiger partial charge on any atom is 0.268 e. The molecule has 1 rings (SSSR count). The van der Waals surface area contributed by atoms with E-state index in [1.807, 2.05) is 13.8 Å². The number of rotatable bonds is 5. The molecule has 0 atom stereocenters. The number of anilines is 2. The van der Waals surface area contributed by atoms with Gasteiger partial charge >= 0.3 is 0 Å². The number of nitrogens with two attached hydrogens (primary N) is 1. The summed E-state index contributed by atoms with van der Waals surface area (Å²) < 4.78 is 0. The van der Waals surface area contributed by atoms with E-state index < -0.39 is 0 Å². The Morgan fingerprint density at radius 3 is 2.71 bits per heavy atom. The lowest BCUT2D eigenvalue weighted by Gasteiger charge is -2.20. The fourth-order valence-electron chi connectivity index (χ4n) is 1.39. The van der Waals surface area contributed by atoms with Gasteiger partial charge in [-0.3, -0.25) is 4.79 Å². The average Bonchev–Trinajstić information content (AvgIpc) is 2.66. The molecule has 0 aliphatic heterocycles. The smallest absolute Gasteiger partial charge is 0.268 e. The third-order valence-electron chi connectivity index (χ3n) is 2.19. The number of carbonyl (C=O) groups is 1. The molecule has 1 heterocycles. The van der Waals surface area contributed by atoms with Gasteiger partial charge in [0.1, 0.15) is 10.7 Å². The van der Waals surface area contributed by atoms with E-state index in [-0.39, 0.29) is 11.7 Å². The van der Waals surface area contributed by atoms with Gasteiger partial charge in [-0.25, -0.2) is 4.98 Å². The summed E-state index contributed by atoms with van der Waals surface area (Å²) in [5.41, 5.74) is 6.67. The predicted octanol–water partition coefficient (Wildman–Crippen LogP) is 1.81. The van der Waals surface area contributed by atoms with Crippen LogP contribution in [0.2, 0.25) is 0 Å². The van der Waals surface area contributed by atoms with E-state index in [1.165, 1.54) is 11.3 Å². The zero-order chi connectivity index (χ0) is 13.0. The van der Waals surface area contributed by atoms with E-state index in [0.29, 0.717) is 23.1 Å². The zero-order valence-electron chi connectivity index (χ0n) is 10.4.